The van der Waals surface area contributed by atoms with Gasteiger partial charge < -0.3 is 5.32 Å². The third-order valence-electron chi connectivity index (χ3n) is 4.06. The van der Waals surface area contributed by atoms with Gasteiger partial charge in [0.1, 0.15) is 0 Å². The van der Waals surface area contributed by atoms with Gasteiger partial charge >= 0.3 is 0 Å². The molecule has 0 saturated carbocycles. The minimum absolute atomic E-state index is 0.256. The molecule has 0 aliphatic carbocycles. The maximum atomic E-state index is 12.3. The molecule has 29 heavy (non-hydrogen) atoms. The average Bonchev–Trinajstić information content (AvgIpc) is 2.70. The molecule has 0 spiro atoms. The number of halogens is 2. The van der Waals surface area contributed by atoms with Crippen LogP contribution < -0.4 is 10.7 Å². The largest absolute Gasteiger partial charge is 0.322 e. The van der Waals surface area contributed by atoms with Crippen LogP contribution in [0.5, 0.6) is 0 Å². The SMILES string of the molecule is Cc1ccc(C(=O)Nc2cccc(C(=O)NN=Cc3c(Cl)cccc3Cl)c2)cc1. The number of anilines is 1. The first-order valence-corrected chi connectivity index (χ1v) is 9.45. The van der Waals surface area contributed by atoms with Gasteiger partial charge in [-0.05, 0) is 49.4 Å². The highest BCUT2D eigenvalue weighted by atomic mass is 35.5. The van der Waals surface area contributed by atoms with Crippen LogP contribution in [0, 0.1) is 6.92 Å². The van der Waals surface area contributed by atoms with E-state index >= 15 is 0 Å². The van der Waals surface area contributed by atoms with E-state index in [1.807, 2.05) is 19.1 Å². The lowest BCUT2D eigenvalue weighted by Crippen LogP contribution is -2.18. The Kier molecular flexibility index (Phi) is 6.65. The van der Waals surface area contributed by atoms with Crippen molar-refractivity contribution in [2.24, 2.45) is 5.10 Å². The van der Waals surface area contributed by atoms with Gasteiger partial charge in [-0.1, -0.05) is 53.0 Å². The second-order valence-corrected chi connectivity index (χ2v) is 7.05. The molecule has 5 nitrogen and oxygen atoms in total. The van der Waals surface area contributed by atoms with Crippen molar-refractivity contribution in [1.29, 1.82) is 0 Å². The first-order chi connectivity index (χ1) is 13.9. The molecule has 0 fully saturated rings. The van der Waals surface area contributed by atoms with Crippen molar-refractivity contribution in [3.63, 3.8) is 0 Å². The number of nitrogens with zero attached hydrogens (tertiary/aromatic N) is 1. The Morgan fingerprint density at radius 1 is 0.862 bits per heavy atom. The molecule has 0 aliphatic heterocycles. The van der Waals surface area contributed by atoms with Gasteiger partial charge in [-0.25, -0.2) is 5.43 Å². The first kappa shape index (κ1) is 20.6. The highest BCUT2D eigenvalue weighted by molar-refractivity contribution is 6.38. The molecule has 2 N–H and O–H groups in total. The summed E-state index contributed by atoms with van der Waals surface area (Å²) in [6.07, 6.45) is 1.38. The van der Waals surface area contributed by atoms with Gasteiger partial charge in [0.15, 0.2) is 0 Å². The van der Waals surface area contributed by atoms with Crippen molar-refractivity contribution >= 4 is 46.9 Å². The zero-order valence-electron chi connectivity index (χ0n) is 15.4. The van der Waals surface area contributed by atoms with E-state index in [1.54, 1.807) is 54.6 Å². The Hall–Kier alpha value is -3.15. The third-order valence-corrected chi connectivity index (χ3v) is 4.72. The molecule has 0 aliphatic rings. The summed E-state index contributed by atoms with van der Waals surface area (Å²) in [6, 6.07) is 18.9. The second kappa shape index (κ2) is 9.37. The number of benzene rings is 3. The van der Waals surface area contributed by atoms with Crippen LogP contribution >= 0.6 is 23.2 Å². The highest BCUT2D eigenvalue weighted by Gasteiger charge is 2.09. The van der Waals surface area contributed by atoms with Gasteiger partial charge in [0.2, 0.25) is 0 Å². The fourth-order valence-electron chi connectivity index (χ4n) is 2.50. The third kappa shape index (κ3) is 5.44. The fraction of sp³-hybridized carbons (Fsp3) is 0.0455. The molecule has 0 heterocycles. The highest BCUT2D eigenvalue weighted by Crippen LogP contribution is 2.22. The maximum Gasteiger partial charge on any atom is 0.271 e. The summed E-state index contributed by atoms with van der Waals surface area (Å²) in [7, 11) is 0. The van der Waals surface area contributed by atoms with E-state index in [2.05, 4.69) is 15.8 Å². The lowest BCUT2D eigenvalue weighted by atomic mass is 10.1. The number of hydrazone groups is 1. The van der Waals surface area contributed by atoms with E-state index in [-0.39, 0.29) is 5.91 Å². The molecular weight excluding hydrogens is 409 g/mol. The molecule has 0 aromatic heterocycles. The topological polar surface area (TPSA) is 70.6 Å². The van der Waals surface area contributed by atoms with Crippen LogP contribution in [-0.4, -0.2) is 18.0 Å². The van der Waals surface area contributed by atoms with Gasteiger partial charge in [0.05, 0.1) is 16.3 Å². The molecule has 0 unspecified atom stereocenters. The lowest BCUT2D eigenvalue weighted by molar-refractivity contribution is 0.0953. The van der Waals surface area contributed by atoms with E-state index in [0.717, 1.165) is 5.56 Å². The number of hydrogen-bond acceptors (Lipinski definition) is 3. The summed E-state index contributed by atoms with van der Waals surface area (Å²) in [6.45, 7) is 1.95. The zero-order chi connectivity index (χ0) is 20.8. The second-order valence-electron chi connectivity index (χ2n) is 6.24. The predicted octanol–water partition coefficient (Wildman–Crippen LogP) is 5.32. The van der Waals surface area contributed by atoms with Gasteiger partial charge in [-0.15, -0.1) is 0 Å². The smallest absolute Gasteiger partial charge is 0.271 e. The number of rotatable bonds is 5. The van der Waals surface area contributed by atoms with Crippen LogP contribution in [0.3, 0.4) is 0 Å². The number of carbonyl (C=O) groups excluding carboxylic acids is 2. The van der Waals surface area contributed by atoms with Crippen molar-refractivity contribution in [1.82, 2.24) is 5.43 Å². The van der Waals surface area contributed by atoms with Crippen molar-refractivity contribution < 1.29 is 9.59 Å². The first-order valence-electron chi connectivity index (χ1n) is 8.69. The number of amides is 2. The van der Waals surface area contributed by atoms with Crippen LogP contribution in [-0.2, 0) is 0 Å². The summed E-state index contributed by atoms with van der Waals surface area (Å²) >= 11 is 12.1. The molecule has 2 amide bonds. The molecule has 3 aromatic carbocycles. The van der Waals surface area contributed by atoms with Crippen LogP contribution in [0.1, 0.15) is 31.8 Å². The average molecular weight is 426 g/mol. The van der Waals surface area contributed by atoms with Gasteiger partial charge in [-0.2, -0.15) is 5.10 Å². The van der Waals surface area contributed by atoms with Crippen molar-refractivity contribution in [3.8, 4) is 0 Å². The predicted molar refractivity (Wildman–Crippen MR) is 117 cm³/mol. The van der Waals surface area contributed by atoms with Crippen LogP contribution in [0.4, 0.5) is 5.69 Å². The summed E-state index contributed by atoms with van der Waals surface area (Å²) in [4.78, 5) is 24.7. The molecule has 0 radical (unpaired) electrons. The molecule has 0 atom stereocenters. The van der Waals surface area contributed by atoms with Gasteiger partial charge in [-0.3, -0.25) is 9.59 Å². The Morgan fingerprint density at radius 2 is 1.52 bits per heavy atom. The molecule has 0 saturated heterocycles. The van der Waals surface area contributed by atoms with Gasteiger partial charge in [0.25, 0.3) is 11.8 Å². The Bertz CT molecular complexity index is 1060. The number of carbonyl (C=O) groups is 2. The summed E-state index contributed by atoms with van der Waals surface area (Å²) < 4.78 is 0. The van der Waals surface area contributed by atoms with Crippen LogP contribution in [0.25, 0.3) is 0 Å². The van der Waals surface area contributed by atoms with Crippen LogP contribution in [0.2, 0.25) is 10.0 Å². The Labute approximate surface area is 178 Å². The van der Waals surface area contributed by atoms with Gasteiger partial charge in [0, 0.05) is 22.4 Å². The standard InChI is InChI=1S/C22H17Cl2N3O2/c1-14-8-10-15(11-9-14)21(28)26-17-5-2-4-16(12-17)22(29)27-25-13-18-19(23)6-3-7-20(18)24/h2-13H,1H3,(H,26,28)(H,27,29). The molecule has 146 valence electrons. The van der Waals surface area contributed by atoms with Crippen molar-refractivity contribution in [2.45, 2.75) is 6.92 Å². The maximum absolute atomic E-state index is 12.3. The van der Waals surface area contributed by atoms with Crippen molar-refractivity contribution in [3.05, 3.63) is 99.0 Å². The summed E-state index contributed by atoms with van der Waals surface area (Å²) in [5.41, 5.74) is 5.38. The lowest BCUT2D eigenvalue weighted by Gasteiger charge is -2.07. The number of hydrogen-bond donors (Lipinski definition) is 2. The fourth-order valence-corrected chi connectivity index (χ4v) is 3.00. The van der Waals surface area contributed by atoms with E-state index < -0.39 is 5.91 Å². The summed E-state index contributed by atoms with van der Waals surface area (Å²) in [5, 5.41) is 7.54. The monoisotopic (exact) mass is 425 g/mol. The summed E-state index contributed by atoms with van der Waals surface area (Å²) in [5.74, 6) is -0.690. The Balaban J connectivity index is 1.67. The quantitative estimate of drug-likeness (QED) is 0.428. The van der Waals surface area contributed by atoms with E-state index in [0.29, 0.717) is 32.4 Å². The number of aryl methyl sites for hydroxylation is 1. The normalized spacial score (nSPS) is 10.7. The zero-order valence-corrected chi connectivity index (χ0v) is 17.0. The molecule has 7 heteroatoms. The van der Waals surface area contributed by atoms with E-state index in [1.165, 1.54) is 6.21 Å². The Morgan fingerprint density at radius 3 is 2.21 bits per heavy atom. The molecular formula is C22H17Cl2N3O2. The molecule has 3 rings (SSSR count). The minimum Gasteiger partial charge on any atom is -0.322 e. The van der Waals surface area contributed by atoms with E-state index in [9.17, 15) is 9.59 Å². The minimum atomic E-state index is -0.434. The molecule has 0 bridgehead atoms. The van der Waals surface area contributed by atoms with E-state index in [4.69, 9.17) is 23.2 Å². The molecule has 3 aromatic rings. The van der Waals surface area contributed by atoms with Crippen molar-refractivity contribution in [2.75, 3.05) is 5.32 Å². The number of nitrogens with one attached hydrogen (secondary N) is 2. The van der Waals surface area contributed by atoms with Crippen LogP contribution in [0.15, 0.2) is 71.8 Å².